The summed E-state index contributed by atoms with van der Waals surface area (Å²) in [6.07, 6.45) is 2.26. The summed E-state index contributed by atoms with van der Waals surface area (Å²) in [7, 11) is -3.61. The lowest BCUT2D eigenvalue weighted by atomic mass is 10.2. The molecule has 0 radical (unpaired) electrons. The highest BCUT2D eigenvalue weighted by Gasteiger charge is 2.48. The van der Waals surface area contributed by atoms with Crippen LogP contribution in [-0.2, 0) is 10.0 Å². The lowest BCUT2D eigenvalue weighted by molar-refractivity contribution is 0.552. The molecule has 0 aliphatic heterocycles. The van der Waals surface area contributed by atoms with Gasteiger partial charge in [-0.05, 0) is 24.0 Å². The van der Waals surface area contributed by atoms with Gasteiger partial charge in [0.05, 0.1) is 5.69 Å². The van der Waals surface area contributed by atoms with Gasteiger partial charge in [0.25, 0.3) is 10.0 Å². The molecule has 2 rings (SSSR count). The Morgan fingerprint density at radius 2 is 2.18 bits per heavy atom. The monoisotopic (exact) mass is 256 g/mol. The van der Waals surface area contributed by atoms with Crippen molar-refractivity contribution in [2.24, 2.45) is 11.3 Å². The first-order chi connectivity index (χ1) is 7.87. The molecule has 1 fully saturated rings. The second-order valence-electron chi connectivity index (χ2n) is 4.87. The summed E-state index contributed by atoms with van der Waals surface area (Å²) in [5, 5.41) is -0.0646. The van der Waals surface area contributed by atoms with E-state index in [9.17, 15) is 8.42 Å². The third kappa shape index (κ3) is 2.41. The second-order valence-corrected chi connectivity index (χ2v) is 6.50. The zero-order valence-electron chi connectivity index (χ0n) is 9.77. The number of nitrogen functional groups attached to an aromatic ring is 1. The van der Waals surface area contributed by atoms with E-state index in [0.717, 1.165) is 6.42 Å². The van der Waals surface area contributed by atoms with E-state index in [1.165, 1.54) is 6.20 Å². The molecule has 1 saturated carbocycles. The van der Waals surface area contributed by atoms with Crippen molar-refractivity contribution in [1.29, 1.82) is 0 Å². The molecule has 1 aromatic heterocycles. The highest BCUT2D eigenvalue weighted by atomic mass is 32.2. The average Bonchev–Trinajstić information content (AvgIpc) is 2.85. The van der Waals surface area contributed by atoms with Crippen molar-refractivity contribution in [2.45, 2.75) is 31.3 Å². The predicted octanol–water partition coefficient (Wildman–Crippen LogP) is 0.444. The fourth-order valence-corrected chi connectivity index (χ4v) is 3.13. The van der Waals surface area contributed by atoms with E-state index in [0.29, 0.717) is 5.69 Å². The van der Waals surface area contributed by atoms with Crippen LogP contribution in [0.15, 0.2) is 23.4 Å². The molecule has 1 unspecified atom stereocenters. The second kappa shape index (κ2) is 3.94. The highest BCUT2D eigenvalue weighted by Crippen LogP contribution is 2.45. The fraction of sp³-hybridized carbons (Fsp3) is 0.500. The topological polar surface area (TPSA) is 97.1 Å². The number of nitrogens with one attached hydrogen (secondary N) is 2. The zero-order valence-corrected chi connectivity index (χ0v) is 10.6. The van der Waals surface area contributed by atoms with Crippen molar-refractivity contribution in [3.05, 3.63) is 18.3 Å². The molecule has 0 bridgehead atoms. The molecule has 0 amide bonds. The van der Waals surface area contributed by atoms with Crippen molar-refractivity contribution in [3.8, 4) is 0 Å². The highest BCUT2D eigenvalue weighted by molar-refractivity contribution is 7.89. The van der Waals surface area contributed by atoms with E-state index in [2.05, 4.69) is 15.1 Å². The molecule has 6 nitrogen and oxygen atoms in total. The first-order valence-electron chi connectivity index (χ1n) is 5.31. The lowest BCUT2D eigenvalue weighted by Gasteiger charge is -2.10. The van der Waals surface area contributed by atoms with Crippen molar-refractivity contribution in [2.75, 3.05) is 5.43 Å². The Bertz CT molecular complexity index is 527. The van der Waals surface area contributed by atoms with Crippen LogP contribution in [0.2, 0.25) is 0 Å². The van der Waals surface area contributed by atoms with E-state index >= 15 is 0 Å². The quantitative estimate of drug-likeness (QED) is 0.536. The number of rotatable bonds is 4. The van der Waals surface area contributed by atoms with Crippen molar-refractivity contribution in [3.63, 3.8) is 0 Å². The van der Waals surface area contributed by atoms with Gasteiger partial charge in [-0.3, -0.25) is 5.84 Å². The first-order valence-corrected chi connectivity index (χ1v) is 6.79. The largest absolute Gasteiger partial charge is 0.321 e. The van der Waals surface area contributed by atoms with Crippen LogP contribution in [-0.4, -0.2) is 19.4 Å². The summed E-state index contributed by atoms with van der Waals surface area (Å²) in [5.41, 5.74) is 2.65. The molecule has 1 aliphatic carbocycles. The summed E-state index contributed by atoms with van der Waals surface area (Å²) in [6, 6.07) is 3.16. The van der Waals surface area contributed by atoms with Crippen LogP contribution in [0.4, 0.5) is 5.69 Å². The molecule has 1 heterocycles. The van der Waals surface area contributed by atoms with Gasteiger partial charge in [0.2, 0.25) is 0 Å². The van der Waals surface area contributed by atoms with Gasteiger partial charge in [-0.1, -0.05) is 13.8 Å². The number of aromatic nitrogens is 1. The number of hydrazine groups is 1. The van der Waals surface area contributed by atoms with Crippen molar-refractivity contribution < 1.29 is 8.42 Å². The van der Waals surface area contributed by atoms with Crippen LogP contribution in [0, 0.1) is 5.41 Å². The Morgan fingerprint density at radius 1 is 1.53 bits per heavy atom. The molecule has 1 atom stereocenters. The minimum atomic E-state index is -3.61. The third-order valence-corrected chi connectivity index (χ3v) is 4.42. The van der Waals surface area contributed by atoms with Gasteiger partial charge in [-0.15, -0.1) is 0 Å². The summed E-state index contributed by atoms with van der Waals surface area (Å²) in [5.74, 6) is 5.26. The molecule has 7 heteroatoms. The minimum Gasteiger partial charge on any atom is -0.321 e. The van der Waals surface area contributed by atoms with Crippen LogP contribution < -0.4 is 16.0 Å². The Morgan fingerprint density at radius 3 is 2.71 bits per heavy atom. The summed E-state index contributed by atoms with van der Waals surface area (Å²) in [4.78, 5) is 3.86. The van der Waals surface area contributed by atoms with Gasteiger partial charge in [0.15, 0.2) is 5.03 Å². The van der Waals surface area contributed by atoms with Crippen LogP contribution in [0.25, 0.3) is 0 Å². The number of pyridine rings is 1. The normalized spacial score (nSPS) is 22.2. The third-order valence-electron chi connectivity index (χ3n) is 2.99. The van der Waals surface area contributed by atoms with E-state index in [-0.39, 0.29) is 16.5 Å². The Balaban J connectivity index is 2.26. The zero-order chi connectivity index (χ0) is 12.7. The Hall–Kier alpha value is -1.18. The molecule has 0 saturated heterocycles. The molecule has 17 heavy (non-hydrogen) atoms. The van der Waals surface area contributed by atoms with Gasteiger partial charge < -0.3 is 5.43 Å². The molecule has 0 aromatic carbocycles. The van der Waals surface area contributed by atoms with Crippen LogP contribution in [0.3, 0.4) is 0 Å². The minimum absolute atomic E-state index is 0.0259. The van der Waals surface area contributed by atoms with E-state index in [1.807, 2.05) is 13.8 Å². The number of sulfonamides is 1. The molecule has 94 valence electrons. The van der Waals surface area contributed by atoms with Gasteiger partial charge in [-0.2, -0.15) is 0 Å². The molecule has 4 N–H and O–H groups in total. The maximum Gasteiger partial charge on any atom is 0.260 e. The predicted molar refractivity (Wildman–Crippen MR) is 64.6 cm³/mol. The molecule has 1 aromatic rings. The van der Waals surface area contributed by atoms with E-state index < -0.39 is 10.0 Å². The maximum absolute atomic E-state index is 12.1. The van der Waals surface area contributed by atoms with E-state index in [4.69, 9.17) is 5.84 Å². The number of nitrogens with zero attached hydrogens (tertiary/aromatic N) is 1. The number of hydrogen-bond acceptors (Lipinski definition) is 5. The van der Waals surface area contributed by atoms with Crippen molar-refractivity contribution >= 4 is 15.7 Å². The molecule has 0 spiro atoms. The Labute approximate surface area is 101 Å². The van der Waals surface area contributed by atoms with Crippen LogP contribution in [0.5, 0.6) is 0 Å². The SMILES string of the molecule is CC1(C)CC1NS(=O)(=O)c1ncccc1NN. The van der Waals surface area contributed by atoms with Gasteiger partial charge >= 0.3 is 0 Å². The summed E-state index contributed by atoms with van der Waals surface area (Å²) in [6.45, 7) is 4.03. The van der Waals surface area contributed by atoms with Crippen molar-refractivity contribution in [1.82, 2.24) is 9.71 Å². The van der Waals surface area contributed by atoms with Crippen LogP contribution >= 0.6 is 0 Å². The number of hydrogen-bond donors (Lipinski definition) is 3. The lowest BCUT2D eigenvalue weighted by Crippen LogP contribution is -2.30. The molecule has 1 aliphatic rings. The van der Waals surface area contributed by atoms with Gasteiger partial charge in [-0.25, -0.2) is 18.1 Å². The first kappa shape index (κ1) is 12.3. The standard InChI is InChI=1S/C10H16N4O2S/c1-10(2)6-8(10)14-17(15,16)9-7(13-11)4-3-5-12-9/h3-5,8,13-14H,6,11H2,1-2H3. The van der Waals surface area contributed by atoms with Gasteiger partial charge in [0.1, 0.15) is 0 Å². The van der Waals surface area contributed by atoms with E-state index in [1.54, 1.807) is 12.1 Å². The summed E-state index contributed by atoms with van der Waals surface area (Å²) < 4.78 is 26.8. The fourth-order valence-electron chi connectivity index (χ4n) is 1.63. The molecular weight excluding hydrogens is 240 g/mol. The summed E-state index contributed by atoms with van der Waals surface area (Å²) >= 11 is 0. The van der Waals surface area contributed by atoms with Crippen LogP contribution in [0.1, 0.15) is 20.3 Å². The smallest absolute Gasteiger partial charge is 0.260 e. The Kier molecular flexibility index (Phi) is 2.84. The maximum atomic E-state index is 12.1. The average molecular weight is 256 g/mol. The number of nitrogens with two attached hydrogens (primary N) is 1. The molecular formula is C10H16N4O2S. The van der Waals surface area contributed by atoms with Gasteiger partial charge in [0, 0.05) is 12.2 Å². The number of anilines is 1.